The third kappa shape index (κ3) is 12.3. The van der Waals surface area contributed by atoms with E-state index in [1.54, 1.807) is 0 Å². The van der Waals surface area contributed by atoms with E-state index in [4.69, 9.17) is 16.4 Å². The number of hydrogen-bond donors (Lipinski definition) is 0. The standard InChI is InChI=1S/C16H30ClNO/c1-4-6-7-8-9-10-11-13-16(12-5-2)19-18-15(3)14-17/h12H,4-11,13-14H2,1-3H3/b16-12+,18-15+. The van der Waals surface area contributed by atoms with Crippen LogP contribution in [0, 0.1) is 0 Å². The first-order chi connectivity index (χ1) is 9.24. The van der Waals surface area contributed by atoms with Crippen molar-refractivity contribution in [2.24, 2.45) is 5.16 Å². The Hall–Kier alpha value is -0.500. The fraction of sp³-hybridized carbons (Fsp3) is 0.812. The first kappa shape index (κ1) is 18.5. The molecule has 0 radical (unpaired) electrons. The Morgan fingerprint density at radius 3 is 2.26 bits per heavy atom. The molecule has 0 heterocycles. The molecule has 0 aromatic heterocycles. The van der Waals surface area contributed by atoms with Crippen molar-refractivity contribution in [1.82, 2.24) is 0 Å². The van der Waals surface area contributed by atoms with Crippen LogP contribution in [0.25, 0.3) is 0 Å². The second-order valence-corrected chi connectivity index (χ2v) is 5.27. The molecule has 0 bridgehead atoms. The van der Waals surface area contributed by atoms with Crippen LogP contribution in [0.5, 0.6) is 0 Å². The Morgan fingerprint density at radius 2 is 1.68 bits per heavy atom. The van der Waals surface area contributed by atoms with Gasteiger partial charge in [-0.05, 0) is 25.8 Å². The fourth-order valence-electron chi connectivity index (χ4n) is 1.83. The van der Waals surface area contributed by atoms with E-state index in [0.717, 1.165) is 24.3 Å². The van der Waals surface area contributed by atoms with Crippen LogP contribution in [-0.2, 0) is 4.84 Å². The van der Waals surface area contributed by atoms with Gasteiger partial charge in [-0.3, -0.25) is 0 Å². The molecule has 0 rings (SSSR count). The lowest BCUT2D eigenvalue weighted by Gasteiger charge is -2.06. The van der Waals surface area contributed by atoms with E-state index in [-0.39, 0.29) is 0 Å². The summed E-state index contributed by atoms with van der Waals surface area (Å²) in [7, 11) is 0. The Morgan fingerprint density at radius 1 is 1.05 bits per heavy atom. The minimum atomic E-state index is 0.427. The van der Waals surface area contributed by atoms with Gasteiger partial charge < -0.3 is 4.84 Å². The third-order valence-electron chi connectivity index (χ3n) is 2.97. The lowest BCUT2D eigenvalue weighted by molar-refractivity contribution is 0.212. The van der Waals surface area contributed by atoms with Gasteiger partial charge in [0.1, 0.15) is 5.76 Å². The van der Waals surface area contributed by atoms with Gasteiger partial charge >= 0.3 is 0 Å². The minimum Gasteiger partial charge on any atom is -0.362 e. The first-order valence-electron chi connectivity index (χ1n) is 7.70. The van der Waals surface area contributed by atoms with E-state index in [1.807, 2.05) is 6.92 Å². The molecule has 19 heavy (non-hydrogen) atoms. The summed E-state index contributed by atoms with van der Waals surface area (Å²) in [6.07, 6.45) is 13.3. The van der Waals surface area contributed by atoms with Crippen LogP contribution >= 0.6 is 11.6 Å². The molecule has 3 heteroatoms. The number of hydrogen-bond acceptors (Lipinski definition) is 2. The largest absolute Gasteiger partial charge is 0.362 e. The number of allylic oxidation sites excluding steroid dienone is 2. The maximum atomic E-state index is 5.67. The minimum absolute atomic E-state index is 0.427. The summed E-state index contributed by atoms with van der Waals surface area (Å²) < 4.78 is 0. The average Bonchev–Trinajstić information content (AvgIpc) is 2.43. The van der Waals surface area contributed by atoms with E-state index < -0.39 is 0 Å². The smallest absolute Gasteiger partial charge is 0.131 e. The molecular formula is C16H30ClNO. The fourth-order valence-corrected chi connectivity index (χ4v) is 1.88. The van der Waals surface area contributed by atoms with Gasteiger partial charge in [-0.1, -0.05) is 57.5 Å². The number of alkyl halides is 1. The van der Waals surface area contributed by atoms with Gasteiger partial charge in [-0.2, -0.15) is 0 Å². The third-order valence-corrected chi connectivity index (χ3v) is 3.36. The van der Waals surface area contributed by atoms with Crippen molar-refractivity contribution in [2.75, 3.05) is 5.88 Å². The van der Waals surface area contributed by atoms with Crippen molar-refractivity contribution in [3.63, 3.8) is 0 Å². The van der Waals surface area contributed by atoms with Crippen LogP contribution in [0.15, 0.2) is 17.0 Å². The molecular weight excluding hydrogens is 258 g/mol. The Kier molecular flexibility index (Phi) is 13.6. The highest BCUT2D eigenvalue weighted by Crippen LogP contribution is 2.14. The zero-order valence-electron chi connectivity index (χ0n) is 12.9. The predicted molar refractivity (Wildman–Crippen MR) is 85.9 cm³/mol. The Balaban J connectivity index is 3.75. The molecule has 0 saturated heterocycles. The molecule has 0 aromatic carbocycles. The van der Waals surface area contributed by atoms with Gasteiger partial charge in [0.2, 0.25) is 0 Å². The number of nitrogens with zero attached hydrogens (tertiary/aromatic N) is 1. The molecule has 0 unspecified atom stereocenters. The van der Waals surface area contributed by atoms with Crippen molar-refractivity contribution >= 4 is 17.3 Å². The van der Waals surface area contributed by atoms with Gasteiger partial charge in [0, 0.05) is 6.42 Å². The summed E-state index contributed by atoms with van der Waals surface area (Å²) in [5.74, 6) is 1.41. The molecule has 0 aliphatic heterocycles. The van der Waals surface area contributed by atoms with Crippen LogP contribution < -0.4 is 0 Å². The molecule has 0 aliphatic rings. The van der Waals surface area contributed by atoms with Crippen molar-refractivity contribution in [2.45, 2.75) is 78.6 Å². The normalized spacial score (nSPS) is 12.8. The van der Waals surface area contributed by atoms with Crippen molar-refractivity contribution < 1.29 is 4.84 Å². The van der Waals surface area contributed by atoms with E-state index in [1.165, 1.54) is 44.9 Å². The highest BCUT2D eigenvalue weighted by molar-refractivity contribution is 6.28. The topological polar surface area (TPSA) is 21.6 Å². The molecule has 0 aliphatic carbocycles. The summed E-state index contributed by atoms with van der Waals surface area (Å²) in [6.45, 7) is 6.25. The van der Waals surface area contributed by atoms with Gasteiger partial charge in [-0.25, -0.2) is 0 Å². The lowest BCUT2D eigenvalue weighted by atomic mass is 10.1. The van der Waals surface area contributed by atoms with Gasteiger partial charge in [0.05, 0.1) is 11.6 Å². The van der Waals surface area contributed by atoms with Gasteiger partial charge in [0.15, 0.2) is 0 Å². The van der Waals surface area contributed by atoms with E-state index in [0.29, 0.717) is 5.88 Å². The van der Waals surface area contributed by atoms with E-state index in [9.17, 15) is 0 Å². The van der Waals surface area contributed by atoms with Crippen molar-refractivity contribution in [3.8, 4) is 0 Å². The van der Waals surface area contributed by atoms with Crippen LogP contribution in [0.4, 0.5) is 0 Å². The first-order valence-corrected chi connectivity index (χ1v) is 8.23. The Labute approximate surface area is 124 Å². The molecule has 0 atom stereocenters. The molecule has 0 spiro atoms. The summed E-state index contributed by atoms with van der Waals surface area (Å²) in [6, 6.07) is 0. The van der Waals surface area contributed by atoms with Crippen LogP contribution in [-0.4, -0.2) is 11.6 Å². The predicted octanol–water partition coefficient (Wildman–Crippen LogP) is 6.05. The second kappa shape index (κ2) is 13.9. The number of rotatable bonds is 12. The quantitative estimate of drug-likeness (QED) is 0.141. The molecule has 0 amide bonds. The van der Waals surface area contributed by atoms with Gasteiger partial charge in [0.25, 0.3) is 0 Å². The van der Waals surface area contributed by atoms with Crippen molar-refractivity contribution in [3.05, 3.63) is 11.8 Å². The Bertz CT molecular complexity index is 261. The summed E-state index contributed by atoms with van der Waals surface area (Å²) >= 11 is 5.67. The molecule has 0 aromatic rings. The zero-order chi connectivity index (χ0) is 14.3. The molecule has 2 nitrogen and oxygen atoms in total. The molecule has 0 fully saturated rings. The highest BCUT2D eigenvalue weighted by atomic mass is 35.5. The zero-order valence-corrected chi connectivity index (χ0v) is 13.6. The SMILES string of the molecule is CC/C=C(\CCCCCCCCC)O/N=C(\C)CCl. The maximum absolute atomic E-state index is 5.67. The van der Waals surface area contributed by atoms with Gasteiger partial charge in [-0.15, -0.1) is 11.6 Å². The lowest BCUT2D eigenvalue weighted by Crippen LogP contribution is -1.95. The average molecular weight is 288 g/mol. The molecule has 112 valence electrons. The number of unbranched alkanes of at least 4 members (excludes halogenated alkanes) is 6. The molecule has 0 N–H and O–H groups in total. The molecule has 0 saturated carbocycles. The summed E-state index contributed by atoms with van der Waals surface area (Å²) in [5.41, 5.74) is 0.822. The summed E-state index contributed by atoms with van der Waals surface area (Å²) in [4.78, 5) is 5.44. The summed E-state index contributed by atoms with van der Waals surface area (Å²) in [5, 5.41) is 4.02. The van der Waals surface area contributed by atoms with Crippen molar-refractivity contribution in [1.29, 1.82) is 0 Å². The maximum Gasteiger partial charge on any atom is 0.131 e. The second-order valence-electron chi connectivity index (χ2n) is 5.00. The van der Waals surface area contributed by atoms with E-state index in [2.05, 4.69) is 25.1 Å². The van der Waals surface area contributed by atoms with Crippen LogP contribution in [0.3, 0.4) is 0 Å². The van der Waals surface area contributed by atoms with Crippen LogP contribution in [0.2, 0.25) is 0 Å². The highest BCUT2D eigenvalue weighted by Gasteiger charge is 1.99. The van der Waals surface area contributed by atoms with Crippen LogP contribution in [0.1, 0.15) is 78.6 Å². The number of halogens is 1. The number of oxime groups is 1. The van der Waals surface area contributed by atoms with E-state index >= 15 is 0 Å². The monoisotopic (exact) mass is 287 g/mol.